The molecule has 0 aliphatic rings. The standard InChI is InChI=1S/C10H3ClFN3O2/c11-9-6-3-5(15(16)17)1-2-8(6)14-10(12)7(9)4-13/h1-3H. The van der Waals surface area contributed by atoms with Crippen LogP contribution in [0.3, 0.4) is 0 Å². The van der Waals surface area contributed by atoms with Crippen LogP contribution in [0.15, 0.2) is 18.2 Å². The Hall–Kier alpha value is -2.26. The molecule has 1 aromatic heterocycles. The Bertz CT molecular complexity index is 681. The Morgan fingerprint density at radius 3 is 2.82 bits per heavy atom. The second kappa shape index (κ2) is 3.96. The maximum atomic E-state index is 13.3. The van der Waals surface area contributed by atoms with Crippen LogP contribution in [0.1, 0.15) is 5.56 Å². The first-order valence-electron chi connectivity index (χ1n) is 4.38. The highest BCUT2D eigenvalue weighted by molar-refractivity contribution is 6.36. The average Bonchev–Trinajstić information content (AvgIpc) is 2.29. The first-order chi connectivity index (χ1) is 8.04. The van der Waals surface area contributed by atoms with Crippen molar-refractivity contribution in [2.75, 3.05) is 0 Å². The Morgan fingerprint density at radius 2 is 2.24 bits per heavy atom. The topological polar surface area (TPSA) is 79.8 Å². The molecule has 1 aromatic carbocycles. The first kappa shape index (κ1) is 11.2. The van der Waals surface area contributed by atoms with Gasteiger partial charge in [0.1, 0.15) is 11.6 Å². The van der Waals surface area contributed by atoms with Gasteiger partial charge in [-0.15, -0.1) is 0 Å². The zero-order chi connectivity index (χ0) is 12.6. The monoisotopic (exact) mass is 251 g/mol. The van der Waals surface area contributed by atoms with Crippen LogP contribution < -0.4 is 0 Å². The van der Waals surface area contributed by atoms with E-state index in [9.17, 15) is 14.5 Å². The van der Waals surface area contributed by atoms with Crippen LogP contribution in [0.25, 0.3) is 10.9 Å². The third kappa shape index (κ3) is 1.77. The Morgan fingerprint density at radius 1 is 1.53 bits per heavy atom. The number of nitro benzene ring substituents is 1. The summed E-state index contributed by atoms with van der Waals surface area (Å²) in [6, 6.07) is 5.20. The summed E-state index contributed by atoms with van der Waals surface area (Å²) < 4.78 is 13.3. The molecule has 7 heteroatoms. The summed E-state index contributed by atoms with van der Waals surface area (Å²) in [7, 11) is 0. The number of aromatic nitrogens is 1. The molecule has 5 nitrogen and oxygen atoms in total. The lowest BCUT2D eigenvalue weighted by Gasteiger charge is -2.02. The van der Waals surface area contributed by atoms with Gasteiger partial charge in [-0.3, -0.25) is 10.1 Å². The number of hydrogen-bond donors (Lipinski definition) is 0. The maximum Gasteiger partial charge on any atom is 0.270 e. The molecule has 0 N–H and O–H groups in total. The number of nitrogens with zero attached hydrogens (tertiary/aromatic N) is 3. The third-order valence-corrected chi connectivity index (χ3v) is 2.58. The fourth-order valence-corrected chi connectivity index (χ4v) is 1.66. The minimum absolute atomic E-state index is 0.164. The summed E-state index contributed by atoms with van der Waals surface area (Å²) in [4.78, 5) is 13.5. The van der Waals surface area contributed by atoms with Gasteiger partial charge in [-0.1, -0.05) is 11.6 Å². The number of nitriles is 1. The van der Waals surface area contributed by atoms with Gasteiger partial charge < -0.3 is 0 Å². The summed E-state index contributed by atoms with van der Waals surface area (Å²) in [6.45, 7) is 0. The normalized spacial score (nSPS) is 10.2. The molecule has 0 aliphatic carbocycles. The third-order valence-electron chi connectivity index (χ3n) is 2.18. The van der Waals surface area contributed by atoms with E-state index < -0.39 is 16.4 Å². The summed E-state index contributed by atoms with van der Waals surface area (Å²) in [6.07, 6.45) is 0. The molecule has 0 saturated carbocycles. The maximum absolute atomic E-state index is 13.3. The highest BCUT2D eigenvalue weighted by Crippen LogP contribution is 2.29. The van der Waals surface area contributed by atoms with Gasteiger partial charge in [0, 0.05) is 17.5 Å². The van der Waals surface area contributed by atoms with Gasteiger partial charge in [-0.2, -0.15) is 9.65 Å². The van der Waals surface area contributed by atoms with Crippen LogP contribution in [0.4, 0.5) is 10.1 Å². The SMILES string of the molecule is N#Cc1c(F)nc2ccc([N+](=O)[O-])cc2c1Cl. The largest absolute Gasteiger partial charge is 0.270 e. The molecule has 0 amide bonds. The molecule has 2 rings (SSSR count). The van der Waals surface area contributed by atoms with Crippen LogP contribution in [-0.4, -0.2) is 9.91 Å². The van der Waals surface area contributed by atoms with Gasteiger partial charge in [-0.25, -0.2) is 4.98 Å². The predicted molar refractivity (Wildman–Crippen MR) is 58.1 cm³/mol. The highest BCUT2D eigenvalue weighted by atomic mass is 35.5. The number of non-ortho nitro benzene ring substituents is 1. The van der Waals surface area contributed by atoms with E-state index in [1.807, 2.05) is 0 Å². The van der Waals surface area contributed by atoms with Gasteiger partial charge in [0.2, 0.25) is 5.95 Å². The fraction of sp³-hybridized carbons (Fsp3) is 0. The van der Waals surface area contributed by atoms with Crippen LogP contribution in [0.2, 0.25) is 5.02 Å². The van der Waals surface area contributed by atoms with E-state index >= 15 is 0 Å². The zero-order valence-electron chi connectivity index (χ0n) is 8.15. The number of rotatable bonds is 1. The lowest BCUT2D eigenvalue weighted by Crippen LogP contribution is -1.94. The van der Waals surface area contributed by atoms with Crippen LogP contribution in [0, 0.1) is 27.4 Å². The molecule has 1 heterocycles. The summed E-state index contributed by atoms with van der Waals surface area (Å²) in [5.41, 5.74) is -0.450. The van der Waals surface area contributed by atoms with E-state index in [4.69, 9.17) is 16.9 Å². The van der Waals surface area contributed by atoms with Gasteiger partial charge in [0.15, 0.2) is 0 Å². The van der Waals surface area contributed by atoms with Crippen molar-refractivity contribution in [1.29, 1.82) is 5.26 Å². The van der Waals surface area contributed by atoms with Crippen molar-refractivity contribution in [1.82, 2.24) is 4.98 Å². The molecular formula is C10H3ClFN3O2. The minimum Gasteiger partial charge on any atom is -0.258 e. The van der Waals surface area contributed by atoms with Crippen molar-refractivity contribution in [2.24, 2.45) is 0 Å². The van der Waals surface area contributed by atoms with Gasteiger partial charge in [-0.05, 0) is 6.07 Å². The van der Waals surface area contributed by atoms with Crippen molar-refractivity contribution in [3.63, 3.8) is 0 Å². The second-order valence-electron chi connectivity index (χ2n) is 3.16. The summed E-state index contributed by atoms with van der Waals surface area (Å²) in [5.74, 6) is -0.987. The molecule has 0 bridgehead atoms. The minimum atomic E-state index is -0.987. The van der Waals surface area contributed by atoms with Crippen molar-refractivity contribution >= 4 is 28.2 Å². The summed E-state index contributed by atoms with van der Waals surface area (Å²) >= 11 is 5.80. The molecule has 0 saturated heterocycles. The number of fused-ring (bicyclic) bond motifs is 1. The Balaban J connectivity index is 2.86. The fourth-order valence-electron chi connectivity index (χ4n) is 1.39. The zero-order valence-corrected chi connectivity index (χ0v) is 8.90. The van der Waals surface area contributed by atoms with Crippen molar-refractivity contribution in [3.05, 3.63) is 44.8 Å². The van der Waals surface area contributed by atoms with Crippen LogP contribution >= 0.6 is 11.6 Å². The van der Waals surface area contributed by atoms with E-state index in [1.165, 1.54) is 12.1 Å². The van der Waals surface area contributed by atoms with E-state index in [-0.39, 0.29) is 21.6 Å². The molecule has 0 fully saturated rings. The number of halogens is 2. The molecule has 0 aliphatic heterocycles. The molecule has 0 spiro atoms. The molecule has 0 radical (unpaired) electrons. The van der Waals surface area contributed by atoms with Crippen molar-refractivity contribution in [2.45, 2.75) is 0 Å². The van der Waals surface area contributed by atoms with Crippen molar-refractivity contribution < 1.29 is 9.31 Å². The van der Waals surface area contributed by atoms with Gasteiger partial charge >= 0.3 is 0 Å². The molecule has 84 valence electrons. The summed E-state index contributed by atoms with van der Waals surface area (Å²) in [5, 5.41) is 19.3. The van der Waals surface area contributed by atoms with Crippen LogP contribution in [0.5, 0.6) is 0 Å². The van der Waals surface area contributed by atoms with E-state index in [0.717, 1.165) is 6.07 Å². The number of pyridine rings is 1. The smallest absolute Gasteiger partial charge is 0.258 e. The number of hydrogen-bond acceptors (Lipinski definition) is 4. The molecule has 0 atom stereocenters. The second-order valence-corrected chi connectivity index (χ2v) is 3.54. The lowest BCUT2D eigenvalue weighted by molar-refractivity contribution is -0.384. The van der Waals surface area contributed by atoms with Gasteiger partial charge in [0.05, 0.1) is 15.5 Å². The van der Waals surface area contributed by atoms with Gasteiger partial charge in [0.25, 0.3) is 5.69 Å². The van der Waals surface area contributed by atoms with E-state index in [0.29, 0.717) is 0 Å². The Labute approximate surface area is 99.2 Å². The van der Waals surface area contributed by atoms with E-state index in [1.54, 1.807) is 6.07 Å². The molecule has 17 heavy (non-hydrogen) atoms. The number of nitro groups is 1. The highest BCUT2D eigenvalue weighted by Gasteiger charge is 2.16. The molecule has 2 aromatic rings. The van der Waals surface area contributed by atoms with Crippen LogP contribution in [-0.2, 0) is 0 Å². The first-order valence-corrected chi connectivity index (χ1v) is 4.75. The average molecular weight is 252 g/mol. The lowest BCUT2D eigenvalue weighted by atomic mass is 10.1. The number of benzene rings is 1. The van der Waals surface area contributed by atoms with Crippen molar-refractivity contribution in [3.8, 4) is 6.07 Å². The molecular weight excluding hydrogens is 249 g/mol. The Kier molecular flexibility index (Phi) is 2.61. The quantitative estimate of drug-likeness (QED) is 0.443. The van der Waals surface area contributed by atoms with E-state index in [2.05, 4.69) is 4.98 Å². The predicted octanol–water partition coefficient (Wildman–Crippen LogP) is 2.81. The molecule has 0 unspecified atom stereocenters.